The number of ether oxygens (including phenoxy) is 2. The van der Waals surface area contributed by atoms with Crippen LogP contribution in [0.3, 0.4) is 0 Å². The second-order valence-corrected chi connectivity index (χ2v) is 12.2. The maximum absolute atomic E-state index is 13.5. The van der Waals surface area contributed by atoms with Crippen LogP contribution in [0.5, 0.6) is 23.0 Å². The number of rotatable bonds is 10. The monoisotopic (exact) mass is 701 g/mol. The van der Waals surface area contributed by atoms with Crippen molar-refractivity contribution >= 4 is 39.6 Å². The van der Waals surface area contributed by atoms with Crippen molar-refractivity contribution in [2.45, 2.75) is 20.0 Å². The van der Waals surface area contributed by atoms with Crippen LogP contribution >= 0.6 is 27.7 Å². The topological polar surface area (TPSA) is 249 Å². The molecule has 248 valence electrons. The highest BCUT2D eigenvalue weighted by atomic mass is 35.5. The first-order valence-electron chi connectivity index (χ1n) is 12.7. The molecule has 0 bridgehead atoms. The van der Waals surface area contributed by atoms with Crippen LogP contribution in [-0.2, 0) is 24.1 Å². The van der Waals surface area contributed by atoms with E-state index in [1.807, 2.05) is 19.0 Å². The summed E-state index contributed by atoms with van der Waals surface area (Å²) in [7, 11) is -4.74. The van der Waals surface area contributed by atoms with Crippen molar-refractivity contribution in [2.24, 2.45) is 0 Å². The molecule has 0 aliphatic carbocycles. The van der Waals surface area contributed by atoms with Gasteiger partial charge in [-0.15, -0.1) is 0 Å². The van der Waals surface area contributed by atoms with Crippen molar-refractivity contribution in [3.8, 4) is 23.0 Å². The van der Waals surface area contributed by atoms with Crippen LogP contribution in [0, 0.1) is 6.92 Å². The summed E-state index contributed by atoms with van der Waals surface area (Å²) in [4.78, 5) is 65.0. The molecule has 1 spiro atoms. The lowest BCUT2D eigenvalue weighted by Gasteiger charge is -2.37. The van der Waals surface area contributed by atoms with E-state index in [0.29, 0.717) is 24.3 Å². The lowest BCUT2D eigenvalue weighted by molar-refractivity contribution is -1.02. The third-order valence-electron chi connectivity index (χ3n) is 6.78. The van der Waals surface area contributed by atoms with E-state index in [2.05, 4.69) is 9.94 Å². The molecule has 0 fully saturated rings. The van der Waals surface area contributed by atoms with Gasteiger partial charge in [-0.2, -0.15) is 0 Å². The summed E-state index contributed by atoms with van der Waals surface area (Å²) in [6.07, 6.45) is 0. The Balaban J connectivity index is 0.00000288. The average Bonchev–Trinajstić information content (AvgIpc) is 3.21. The first-order chi connectivity index (χ1) is 20.7. The van der Waals surface area contributed by atoms with Gasteiger partial charge in [0, 0.05) is 53.1 Å². The summed E-state index contributed by atoms with van der Waals surface area (Å²) in [5.74, 6) is -1.53. The molecule has 1 amide bonds. The quantitative estimate of drug-likeness (QED) is 0.135. The number of fused-ring (bicyclic) bond motifs is 6. The minimum Gasteiger partial charge on any atom is -0.746 e. The summed E-state index contributed by atoms with van der Waals surface area (Å²) >= 11 is 6.48. The van der Waals surface area contributed by atoms with E-state index in [0.717, 1.165) is 0 Å². The number of benzene rings is 3. The fraction of sp³-hybridized carbons (Fsp3) is 0.259. The highest BCUT2D eigenvalue weighted by molar-refractivity contribution is 7.45. The fourth-order valence-electron chi connectivity index (χ4n) is 4.91. The zero-order chi connectivity index (χ0) is 32.0. The molecule has 2 heterocycles. The predicted molar refractivity (Wildman–Crippen MR) is 160 cm³/mol. The van der Waals surface area contributed by atoms with Crippen molar-refractivity contribution in [1.29, 1.82) is 0 Å². The minimum absolute atomic E-state index is 0. The van der Waals surface area contributed by atoms with Crippen molar-refractivity contribution in [3.05, 3.63) is 80.9 Å². The number of amides is 1. The number of likely N-dealkylation sites (N-methyl/N-ethyl adjacent to an activating group) is 1. The molecule has 8 N–H and O–H groups in total. The van der Waals surface area contributed by atoms with Gasteiger partial charge in [-0.3, -0.25) is 14.2 Å². The zero-order valence-electron chi connectivity index (χ0n) is 24.2. The molecular formula is C27H32ClN4O12P2+. The Morgan fingerprint density at radius 1 is 1.15 bits per heavy atom. The maximum Gasteiger partial charge on any atom is 0.554 e. The van der Waals surface area contributed by atoms with Gasteiger partial charge in [0.1, 0.15) is 17.2 Å². The minimum atomic E-state index is -5.21. The third kappa shape index (κ3) is 7.17. The molecule has 0 saturated carbocycles. The van der Waals surface area contributed by atoms with E-state index in [1.54, 1.807) is 6.07 Å². The number of esters is 1. The van der Waals surface area contributed by atoms with Crippen LogP contribution in [0.4, 0.5) is 0 Å². The number of quaternary nitrogens is 2. The molecule has 3 aromatic carbocycles. The summed E-state index contributed by atoms with van der Waals surface area (Å²) in [6.45, 7) is 2.48. The standard InChI is InChI=1S/C26H24ClN3O12P2.CH4.H3N/c1-13-8-17-21(11-20(13)41-44(35,36)37)38-22-12-23(40-29-42-43(33)34)19(27)10-18(22)26(17)16-5-4-14(9-15(16)25(32)39-26)24(31)28-6-7-30(2)3;;/h4-5,8-12H,6-7,29H2,1-3H3,(H2-,28,31,35,36,37);1H4;1H3/p+1. The molecule has 0 aromatic heterocycles. The Morgan fingerprint density at radius 3 is 2.43 bits per heavy atom. The smallest absolute Gasteiger partial charge is 0.554 e. The van der Waals surface area contributed by atoms with E-state index in [1.165, 1.54) is 43.3 Å². The largest absolute Gasteiger partial charge is 0.746 e. The molecule has 3 atom stereocenters. The van der Waals surface area contributed by atoms with Crippen molar-refractivity contribution in [3.63, 3.8) is 0 Å². The Kier molecular flexibility index (Phi) is 11.2. The molecule has 3 aromatic rings. The number of nitrogens with two attached hydrogens (primary N) is 1. The van der Waals surface area contributed by atoms with Crippen molar-refractivity contribution in [1.82, 2.24) is 16.4 Å². The summed E-state index contributed by atoms with van der Waals surface area (Å²) in [5.41, 5.74) is 0.178. The van der Waals surface area contributed by atoms with E-state index in [-0.39, 0.29) is 69.4 Å². The van der Waals surface area contributed by atoms with Gasteiger partial charge >= 0.3 is 22.0 Å². The number of nitrogens with one attached hydrogen (secondary N) is 1. The number of hydrogen-bond donors (Lipinski definition) is 4. The molecule has 0 radical (unpaired) electrons. The van der Waals surface area contributed by atoms with Gasteiger partial charge in [0.2, 0.25) is 5.75 Å². The Bertz CT molecular complexity index is 1750. The van der Waals surface area contributed by atoms with Gasteiger partial charge in [-0.25, -0.2) is 4.79 Å². The number of phosphoric acid groups is 1. The Hall–Kier alpha value is -3.66. The lowest BCUT2D eigenvalue weighted by atomic mass is 9.77. The molecule has 16 nitrogen and oxygen atoms in total. The van der Waals surface area contributed by atoms with Crippen LogP contribution in [0.15, 0.2) is 42.5 Å². The summed E-state index contributed by atoms with van der Waals surface area (Å²) in [5, 5.41) is 2.75. The van der Waals surface area contributed by atoms with Gasteiger partial charge in [0.25, 0.3) is 5.91 Å². The summed E-state index contributed by atoms with van der Waals surface area (Å²) < 4.78 is 43.5. The average molecular weight is 702 g/mol. The van der Waals surface area contributed by atoms with Crippen molar-refractivity contribution in [2.75, 3.05) is 27.2 Å². The van der Waals surface area contributed by atoms with Crippen LogP contribution < -0.4 is 41.0 Å². The van der Waals surface area contributed by atoms with E-state index in [4.69, 9.17) is 30.4 Å². The highest BCUT2D eigenvalue weighted by Crippen LogP contribution is 2.58. The third-order valence-corrected chi connectivity index (χ3v) is 7.76. The predicted octanol–water partition coefficient (Wildman–Crippen LogP) is 2.17. The molecule has 2 aliphatic heterocycles. The second-order valence-electron chi connectivity index (χ2n) is 9.99. The zero-order valence-corrected chi connectivity index (χ0v) is 26.7. The molecule has 5 rings (SSSR count). The first kappa shape index (κ1) is 36.8. The molecule has 46 heavy (non-hydrogen) atoms. The number of hydrogen-bond acceptors (Lipinski definition) is 12. The van der Waals surface area contributed by atoms with Gasteiger partial charge in [-0.1, -0.05) is 25.1 Å². The van der Waals surface area contributed by atoms with Crippen LogP contribution in [0.2, 0.25) is 5.02 Å². The number of nitrogens with zero attached hydrogens (tertiary/aromatic N) is 1. The van der Waals surface area contributed by atoms with Gasteiger partial charge < -0.3 is 45.0 Å². The van der Waals surface area contributed by atoms with E-state index < -0.39 is 33.6 Å². The first-order valence-corrected chi connectivity index (χ1v) is 15.7. The number of phosphoric ester groups is 1. The molecule has 19 heteroatoms. The summed E-state index contributed by atoms with van der Waals surface area (Å²) in [6, 6.07) is 9.84. The van der Waals surface area contributed by atoms with E-state index >= 15 is 0 Å². The van der Waals surface area contributed by atoms with Crippen molar-refractivity contribution < 1.29 is 62.5 Å². The van der Waals surface area contributed by atoms with Gasteiger partial charge in [0.15, 0.2) is 5.60 Å². The molecule has 2 aliphatic rings. The fourth-order valence-corrected chi connectivity index (χ4v) is 5.68. The number of carbonyl (C=O) groups excluding carboxylic acids is 2. The molecular weight excluding hydrogens is 670 g/mol. The normalized spacial score (nSPS) is 17.2. The number of halogens is 1. The molecule has 3 unspecified atom stereocenters. The van der Waals surface area contributed by atoms with Crippen LogP contribution in [0.1, 0.15) is 50.4 Å². The van der Waals surface area contributed by atoms with E-state index in [9.17, 15) is 33.4 Å². The lowest BCUT2D eigenvalue weighted by Crippen LogP contribution is -2.84. The SMILES string of the molecule is C.Cc1cc2c(cc1OP(=O)([O-])O)Oc1cc(O[NH2+]O[P+](=O)[O-])c(Cl)cc1C21OC(=O)c2cc(C(=O)NCCN(C)C)ccc21.[NH4+]. The van der Waals surface area contributed by atoms with Crippen LogP contribution in [-0.4, -0.2) is 48.9 Å². The maximum atomic E-state index is 13.5. The van der Waals surface area contributed by atoms with Gasteiger partial charge in [0.05, 0.1) is 15.2 Å². The Morgan fingerprint density at radius 2 is 1.80 bits per heavy atom. The highest BCUT2D eigenvalue weighted by Gasteiger charge is 2.54. The molecule has 0 saturated heterocycles. The second kappa shape index (κ2) is 14.0. The van der Waals surface area contributed by atoms with Crippen LogP contribution in [0.25, 0.3) is 0 Å². The number of carbonyl (C=O) groups is 2. The Labute approximate surface area is 269 Å². The van der Waals surface area contributed by atoms with Gasteiger partial charge in [-0.05, 0) is 55.4 Å². The number of aryl methyl sites for hydroxylation is 1.